The molecule has 2 aliphatic carbocycles. The topological polar surface area (TPSA) is 49.4 Å². The fraction of sp³-hybridized carbons (Fsp3) is 0.875. The van der Waals surface area contributed by atoms with Crippen LogP contribution in [-0.2, 0) is 9.59 Å². The lowest BCUT2D eigenvalue weighted by atomic mass is 9.95. The highest BCUT2D eigenvalue weighted by molar-refractivity contribution is 7.99. The van der Waals surface area contributed by atoms with E-state index in [9.17, 15) is 9.59 Å². The largest absolute Gasteiger partial charge is 0.342 e. The summed E-state index contributed by atoms with van der Waals surface area (Å²) in [6.45, 7) is 2.81. The van der Waals surface area contributed by atoms with E-state index in [4.69, 9.17) is 0 Å². The zero-order chi connectivity index (χ0) is 14.9. The first kappa shape index (κ1) is 15.2. The van der Waals surface area contributed by atoms with Gasteiger partial charge < -0.3 is 10.2 Å². The Labute approximate surface area is 131 Å². The molecule has 1 N–H and O–H groups in total. The second-order valence-corrected chi connectivity index (χ2v) is 8.21. The molecule has 1 saturated heterocycles. The van der Waals surface area contributed by atoms with Crippen LogP contribution in [-0.4, -0.2) is 45.8 Å². The molecule has 5 heteroatoms. The molecule has 0 aromatic heterocycles. The molecule has 3 fully saturated rings. The number of carbonyl (C=O) groups excluding carboxylic acids is 2. The smallest absolute Gasteiger partial charge is 0.248 e. The van der Waals surface area contributed by atoms with Crippen molar-refractivity contribution in [2.24, 2.45) is 0 Å². The zero-order valence-electron chi connectivity index (χ0n) is 12.9. The summed E-state index contributed by atoms with van der Waals surface area (Å²) in [5.74, 6) is 1.42. The molecular formula is C16H26N2O2S. The van der Waals surface area contributed by atoms with Gasteiger partial charge in [0.25, 0.3) is 0 Å². The number of amides is 2. The normalized spacial score (nSPS) is 32.5. The van der Waals surface area contributed by atoms with Crippen molar-refractivity contribution in [3.05, 3.63) is 0 Å². The average molecular weight is 310 g/mol. The van der Waals surface area contributed by atoms with Crippen molar-refractivity contribution >= 4 is 23.6 Å². The van der Waals surface area contributed by atoms with Gasteiger partial charge in [-0.25, -0.2) is 0 Å². The quantitative estimate of drug-likeness (QED) is 0.870. The minimum atomic E-state index is -0.566. The standard InChI is InChI=1S/C16H26N2O2S/c1-2-21-13-6-5-12(11-13)18-10-7-14(19)17-16(15(18)20)8-3-4-9-16/h12-13H,2-11H2,1H3,(H,17,19). The summed E-state index contributed by atoms with van der Waals surface area (Å²) in [5, 5.41) is 3.75. The second kappa shape index (κ2) is 6.19. The lowest BCUT2D eigenvalue weighted by molar-refractivity contribution is -0.140. The molecule has 118 valence electrons. The van der Waals surface area contributed by atoms with E-state index in [0.717, 1.165) is 44.3 Å². The summed E-state index contributed by atoms with van der Waals surface area (Å²) in [6.07, 6.45) is 7.65. The molecule has 0 bridgehead atoms. The average Bonchev–Trinajstić information content (AvgIpc) is 3.07. The Bertz CT molecular complexity index is 421. The SMILES string of the molecule is CCSC1CCC(N2CCC(=O)NC3(CCCC3)C2=O)C1. The lowest BCUT2D eigenvalue weighted by Gasteiger charge is -2.35. The van der Waals surface area contributed by atoms with Crippen LogP contribution in [0, 0.1) is 0 Å². The monoisotopic (exact) mass is 310 g/mol. The number of nitrogens with zero attached hydrogens (tertiary/aromatic N) is 1. The molecule has 0 aromatic rings. The van der Waals surface area contributed by atoms with E-state index in [2.05, 4.69) is 17.1 Å². The molecule has 2 unspecified atom stereocenters. The van der Waals surface area contributed by atoms with Crippen LogP contribution in [0.25, 0.3) is 0 Å². The summed E-state index contributed by atoms with van der Waals surface area (Å²) in [6, 6.07) is 0.353. The van der Waals surface area contributed by atoms with E-state index in [-0.39, 0.29) is 11.8 Å². The van der Waals surface area contributed by atoms with Gasteiger partial charge in [0.15, 0.2) is 0 Å². The van der Waals surface area contributed by atoms with E-state index in [1.165, 1.54) is 6.42 Å². The lowest BCUT2D eigenvalue weighted by Crippen LogP contribution is -2.57. The third kappa shape index (κ3) is 2.94. The van der Waals surface area contributed by atoms with Gasteiger partial charge >= 0.3 is 0 Å². The molecule has 4 nitrogen and oxygen atoms in total. The van der Waals surface area contributed by atoms with E-state index >= 15 is 0 Å². The van der Waals surface area contributed by atoms with Gasteiger partial charge in [0.05, 0.1) is 0 Å². The van der Waals surface area contributed by atoms with Crippen LogP contribution in [0.1, 0.15) is 58.3 Å². The number of nitrogens with one attached hydrogen (secondary N) is 1. The molecule has 2 amide bonds. The molecule has 2 atom stereocenters. The molecule has 21 heavy (non-hydrogen) atoms. The van der Waals surface area contributed by atoms with Crippen LogP contribution in [0.2, 0.25) is 0 Å². The van der Waals surface area contributed by atoms with Gasteiger partial charge in [-0.1, -0.05) is 19.8 Å². The minimum Gasteiger partial charge on any atom is -0.342 e. The molecule has 1 spiro atoms. The zero-order valence-corrected chi connectivity index (χ0v) is 13.7. The maximum atomic E-state index is 13.1. The van der Waals surface area contributed by atoms with Crippen molar-refractivity contribution in [3.8, 4) is 0 Å². The minimum absolute atomic E-state index is 0.0604. The van der Waals surface area contributed by atoms with Crippen LogP contribution < -0.4 is 5.32 Å². The molecule has 0 radical (unpaired) electrons. The Balaban J connectivity index is 1.75. The van der Waals surface area contributed by atoms with Crippen molar-refractivity contribution in [3.63, 3.8) is 0 Å². The van der Waals surface area contributed by atoms with E-state index in [0.29, 0.717) is 24.3 Å². The van der Waals surface area contributed by atoms with Crippen LogP contribution in [0.3, 0.4) is 0 Å². The van der Waals surface area contributed by atoms with E-state index < -0.39 is 5.54 Å². The van der Waals surface area contributed by atoms with Crippen molar-refractivity contribution < 1.29 is 9.59 Å². The number of thioether (sulfide) groups is 1. The van der Waals surface area contributed by atoms with Crippen molar-refractivity contribution in [1.29, 1.82) is 0 Å². The summed E-state index contributed by atoms with van der Waals surface area (Å²) < 4.78 is 0. The van der Waals surface area contributed by atoms with Crippen LogP contribution in [0.4, 0.5) is 0 Å². The van der Waals surface area contributed by atoms with Crippen molar-refractivity contribution in [2.75, 3.05) is 12.3 Å². The molecule has 3 rings (SSSR count). The predicted octanol–water partition coefficient (Wildman–Crippen LogP) is 2.32. The Morgan fingerprint density at radius 1 is 1.29 bits per heavy atom. The van der Waals surface area contributed by atoms with Gasteiger partial charge in [0, 0.05) is 24.3 Å². The first-order valence-electron chi connectivity index (χ1n) is 8.38. The van der Waals surface area contributed by atoms with Crippen LogP contribution in [0.15, 0.2) is 0 Å². The van der Waals surface area contributed by atoms with Crippen molar-refractivity contribution in [1.82, 2.24) is 10.2 Å². The number of hydrogen-bond donors (Lipinski definition) is 1. The first-order chi connectivity index (χ1) is 10.1. The second-order valence-electron chi connectivity index (χ2n) is 6.63. The third-order valence-corrected chi connectivity index (χ3v) is 6.52. The van der Waals surface area contributed by atoms with Gasteiger partial charge in [-0.15, -0.1) is 0 Å². The summed E-state index contributed by atoms with van der Waals surface area (Å²) in [7, 11) is 0. The van der Waals surface area contributed by atoms with Gasteiger partial charge in [-0.3, -0.25) is 9.59 Å². The van der Waals surface area contributed by atoms with Crippen LogP contribution in [0.5, 0.6) is 0 Å². The fourth-order valence-corrected chi connectivity index (χ4v) is 5.37. The van der Waals surface area contributed by atoms with Crippen molar-refractivity contribution in [2.45, 2.75) is 75.1 Å². The van der Waals surface area contributed by atoms with Gasteiger partial charge in [0.1, 0.15) is 5.54 Å². The highest BCUT2D eigenvalue weighted by atomic mass is 32.2. The fourth-order valence-electron chi connectivity index (χ4n) is 4.23. The number of carbonyl (C=O) groups is 2. The summed E-state index contributed by atoms with van der Waals surface area (Å²) in [4.78, 5) is 27.1. The van der Waals surface area contributed by atoms with Gasteiger partial charge in [-0.2, -0.15) is 11.8 Å². The number of hydrogen-bond acceptors (Lipinski definition) is 3. The number of rotatable bonds is 3. The molecule has 3 aliphatic rings. The van der Waals surface area contributed by atoms with E-state index in [1.54, 1.807) is 0 Å². The molecule has 1 aliphatic heterocycles. The Morgan fingerprint density at radius 3 is 2.76 bits per heavy atom. The summed E-state index contributed by atoms with van der Waals surface area (Å²) in [5.41, 5.74) is -0.566. The molecule has 0 aromatic carbocycles. The summed E-state index contributed by atoms with van der Waals surface area (Å²) >= 11 is 2.02. The molecule has 1 heterocycles. The van der Waals surface area contributed by atoms with E-state index in [1.807, 2.05) is 11.8 Å². The van der Waals surface area contributed by atoms with Crippen LogP contribution >= 0.6 is 11.8 Å². The van der Waals surface area contributed by atoms with Gasteiger partial charge in [0.2, 0.25) is 11.8 Å². The first-order valence-corrected chi connectivity index (χ1v) is 9.43. The highest BCUT2D eigenvalue weighted by Gasteiger charge is 2.48. The Kier molecular flexibility index (Phi) is 4.48. The third-order valence-electron chi connectivity index (χ3n) is 5.29. The molecular weight excluding hydrogens is 284 g/mol. The predicted molar refractivity (Wildman–Crippen MR) is 85.2 cm³/mol. The Hall–Kier alpha value is -0.710. The van der Waals surface area contributed by atoms with Gasteiger partial charge in [-0.05, 0) is 37.9 Å². The Morgan fingerprint density at radius 2 is 2.05 bits per heavy atom. The highest BCUT2D eigenvalue weighted by Crippen LogP contribution is 2.38. The molecule has 2 saturated carbocycles. The maximum absolute atomic E-state index is 13.1. The maximum Gasteiger partial charge on any atom is 0.248 e.